The number of carbonyl (C=O) groups excluding carboxylic acids is 1. The van der Waals surface area contributed by atoms with Crippen LogP contribution in [0.2, 0.25) is 5.15 Å². The third-order valence-corrected chi connectivity index (χ3v) is 3.24. The SMILES string of the molecule is CCCC(NC(=O)c1cccc(Cl)n1)c1ccccc1. The number of hydrogen-bond acceptors (Lipinski definition) is 2. The number of benzene rings is 1. The van der Waals surface area contributed by atoms with E-state index in [2.05, 4.69) is 17.2 Å². The van der Waals surface area contributed by atoms with Gasteiger partial charge in [-0.15, -0.1) is 0 Å². The van der Waals surface area contributed by atoms with Gasteiger partial charge in [0.15, 0.2) is 0 Å². The summed E-state index contributed by atoms with van der Waals surface area (Å²) in [5, 5.41) is 3.34. The Morgan fingerprint density at radius 3 is 2.60 bits per heavy atom. The molecular weight excluding hydrogens is 272 g/mol. The van der Waals surface area contributed by atoms with E-state index in [1.807, 2.05) is 30.3 Å². The molecule has 1 aromatic carbocycles. The summed E-state index contributed by atoms with van der Waals surface area (Å²) < 4.78 is 0. The Kier molecular flexibility index (Phi) is 5.13. The van der Waals surface area contributed by atoms with Gasteiger partial charge < -0.3 is 5.32 Å². The highest BCUT2D eigenvalue weighted by atomic mass is 35.5. The minimum Gasteiger partial charge on any atom is -0.344 e. The topological polar surface area (TPSA) is 42.0 Å². The summed E-state index contributed by atoms with van der Waals surface area (Å²) in [5.74, 6) is -0.199. The molecule has 1 atom stereocenters. The number of amides is 1. The van der Waals surface area contributed by atoms with Crippen LogP contribution in [0.1, 0.15) is 41.9 Å². The summed E-state index contributed by atoms with van der Waals surface area (Å²) in [5.41, 5.74) is 1.44. The molecule has 2 rings (SSSR count). The summed E-state index contributed by atoms with van der Waals surface area (Å²) in [7, 11) is 0. The number of rotatable bonds is 5. The molecular formula is C16H17ClN2O. The third-order valence-electron chi connectivity index (χ3n) is 3.03. The summed E-state index contributed by atoms with van der Waals surface area (Å²) >= 11 is 5.81. The van der Waals surface area contributed by atoms with Crippen LogP contribution in [0.3, 0.4) is 0 Å². The lowest BCUT2D eigenvalue weighted by molar-refractivity contribution is 0.0929. The fourth-order valence-corrected chi connectivity index (χ4v) is 2.23. The van der Waals surface area contributed by atoms with E-state index in [-0.39, 0.29) is 11.9 Å². The van der Waals surface area contributed by atoms with Gasteiger partial charge in [0.2, 0.25) is 0 Å². The van der Waals surface area contributed by atoms with Gasteiger partial charge in [0.25, 0.3) is 5.91 Å². The maximum absolute atomic E-state index is 12.2. The van der Waals surface area contributed by atoms with E-state index in [9.17, 15) is 4.79 Å². The lowest BCUT2D eigenvalue weighted by Crippen LogP contribution is -2.29. The molecule has 1 heterocycles. The number of nitrogens with zero attached hydrogens (tertiary/aromatic N) is 1. The molecule has 4 heteroatoms. The number of aromatic nitrogens is 1. The molecule has 0 aliphatic carbocycles. The molecule has 1 amide bonds. The summed E-state index contributed by atoms with van der Waals surface area (Å²) in [6, 6.07) is 15.0. The van der Waals surface area contributed by atoms with E-state index in [1.165, 1.54) is 0 Å². The van der Waals surface area contributed by atoms with Gasteiger partial charge >= 0.3 is 0 Å². The smallest absolute Gasteiger partial charge is 0.270 e. The molecule has 0 aliphatic heterocycles. The third kappa shape index (κ3) is 3.81. The van der Waals surface area contributed by atoms with Crippen LogP contribution in [0.5, 0.6) is 0 Å². The normalized spacial score (nSPS) is 11.9. The van der Waals surface area contributed by atoms with Crippen LogP contribution in [0.15, 0.2) is 48.5 Å². The molecule has 0 fully saturated rings. The summed E-state index contributed by atoms with van der Waals surface area (Å²) in [6.07, 6.45) is 1.87. The predicted molar refractivity (Wildman–Crippen MR) is 80.8 cm³/mol. The van der Waals surface area contributed by atoms with Crippen LogP contribution in [-0.4, -0.2) is 10.9 Å². The van der Waals surface area contributed by atoms with Gasteiger partial charge in [0, 0.05) is 0 Å². The van der Waals surface area contributed by atoms with Crippen molar-refractivity contribution in [3.05, 3.63) is 64.9 Å². The monoisotopic (exact) mass is 288 g/mol. The van der Waals surface area contributed by atoms with Crippen molar-refractivity contribution in [1.29, 1.82) is 0 Å². The average Bonchev–Trinajstić information content (AvgIpc) is 2.47. The Hall–Kier alpha value is -1.87. The highest BCUT2D eigenvalue weighted by Crippen LogP contribution is 2.18. The summed E-state index contributed by atoms with van der Waals surface area (Å²) in [6.45, 7) is 2.10. The van der Waals surface area contributed by atoms with Crippen LogP contribution >= 0.6 is 11.6 Å². The molecule has 0 bridgehead atoms. The maximum Gasteiger partial charge on any atom is 0.270 e. The van der Waals surface area contributed by atoms with Crippen molar-refractivity contribution in [3.63, 3.8) is 0 Å². The van der Waals surface area contributed by atoms with Gasteiger partial charge in [-0.1, -0.05) is 61.3 Å². The van der Waals surface area contributed by atoms with Crippen molar-refractivity contribution in [1.82, 2.24) is 10.3 Å². The van der Waals surface area contributed by atoms with Crippen molar-refractivity contribution < 1.29 is 4.79 Å². The van der Waals surface area contributed by atoms with Gasteiger partial charge in [0.1, 0.15) is 10.8 Å². The molecule has 3 nitrogen and oxygen atoms in total. The Bertz CT molecular complexity index is 572. The first-order valence-electron chi connectivity index (χ1n) is 6.69. The second-order valence-corrected chi connectivity index (χ2v) is 4.96. The first-order valence-corrected chi connectivity index (χ1v) is 7.07. The van der Waals surface area contributed by atoms with Crippen molar-refractivity contribution in [3.8, 4) is 0 Å². The molecule has 1 aromatic heterocycles. The van der Waals surface area contributed by atoms with Crippen LogP contribution in [-0.2, 0) is 0 Å². The standard InChI is InChI=1S/C16H17ClN2O/c1-2-7-13(12-8-4-3-5-9-12)19-16(20)14-10-6-11-15(17)18-14/h3-6,8-11,13H,2,7H2,1H3,(H,19,20). The van der Waals surface area contributed by atoms with Gasteiger partial charge in [-0.25, -0.2) is 4.98 Å². The Morgan fingerprint density at radius 1 is 1.20 bits per heavy atom. The molecule has 104 valence electrons. The van der Waals surface area contributed by atoms with E-state index < -0.39 is 0 Å². The Balaban J connectivity index is 2.14. The zero-order valence-electron chi connectivity index (χ0n) is 11.3. The molecule has 1 unspecified atom stereocenters. The molecule has 20 heavy (non-hydrogen) atoms. The van der Waals surface area contributed by atoms with Gasteiger partial charge in [-0.05, 0) is 24.1 Å². The number of pyridine rings is 1. The first-order chi connectivity index (χ1) is 9.70. The quantitative estimate of drug-likeness (QED) is 0.845. The van der Waals surface area contributed by atoms with Crippen LogP contribution < -0.4 is 5.32 Å². The van der Waals surface area contributed by atoms with E-state index in [1.54, 1.807) is 18.2 Å². The zero-order chi connectivity index (χ0) is 14.4. The van der Waals surface area contributed by atoms with E-state index in [0.717, 1.165) is 18.4 Å². The summed E-state index contributed by atoms with van der Waals surface area (Å²) in [4.78, 5) is 16.3. The van der Waals surface area contributed by atoms with E-state index in [4.69, 9.17) is 11.6 Å². The van der Waals surface area contributed by atoms with E-state index >= 15 is 0 Å². The lowest BCUT2D eigenvalue weighted by atomic mass is 10.0. The Labute approximate surface area is 124 Å². The van der Waals surface area contributed by atoms with Crippen LogP contribution in [0.25, 0.3) is 0 Å². The lowest BCUT2D eigenvalue weighted by Gasteiger charge is -2.18. The largest absolute Gasteiger partial charge is 0.344 e. The molecule has 2 aromatic rings. The highest BCUT2D eigenvalue weighted by molar-refractivity contribution is 6.29. The Morgan fingerprint density at radius 2 is 1.95 bits per heavy atom. The van der Waals surface area contributed by atoms with Crippen molar-refractivity contribution >= 4 is 17.5 Å². The molecule has 1 N–H and O–H groups in total. The molecule has 0 saturated heterocycles. The van der Waals surface area contributed by atoms with E-state index in [0.29, 0.717) is 10.8 Å². The zero-order valence-corrected chi connectivity index (χ0v) is 12.1. The van der Waals surface area contributed by atoms with Gasteiger partial charge in [-0.2, -0.15) is 0 Å². The number of carbonyl (C=O) groups is 1. The molecule has 0 aliphatic rings. The second kappa shape index (κ2) is 7.06. The first kappa shape index (κ1) is 14.5. The molecule has 0 radical (unpaired) electrons. The van der Waals surface area contributed by atoms with Crippen LogP contribution in [0.4, 0.5) is 0 Å². The minimum absolute atomic E-state index is 0.00511. The number of hydrogen-bond donors (Lipinski definition) is 1. The minimum atomic E-state index is -0.199. The average molecular weight is 289 g/mol. The fraction of sp³-hybridized carbons (Fsp3) is 0.250. The molecule has 0 spiro atoms. The predicted octanol–water partition coefficient (Wildman–Crippen LogP) is 4.01. The van der Waals surface area contributed by atoms with Crippen LogP contribution in [0, 0.1) is 0 Å². The van der Waals surface area contributed by atoms with Crippen molar-refractivity contribution in [2.45, 2.75) is 25.8 Å². The highest BCUT2D eigenvalue weighted by Gasteiger charge is 2.15. The second-order valence-electron chi connectivity index (χ2n) is 4.57. The molecule has 0 saturated carbocycles. The van der Waals surface area contributed by atoms with Crippen molar-refractivity contribution in [2.75, 3.05) is 0 Å². The fourth-order valence-electron chi connectivity index (χ4n) is 2.06. The van der Waals surface area contributed by atoms with Gasteiger partial charge in [-0.3, -0.25) is 4.79 Å². The van der Waals surface area contributed by atoms with Crippen molar-refractivity contribution in [2.24, 2.45) is 0 Å². The number of nitrogens with one attached hydrogen (secondary N) is 1. The number of halogens is 1. The van der Waals surface area contributed by atoms with Gasteiger partial charge in [0.05, 0.1) is 6.04 Å². The maximum atomic E-state index is 12.2.